The Balaban J connectivity index is 1.66. The molecule has 1 aromatic heterocycles. The van der Waals surface area contributed by atoms with Crippen LogP contribution < -0.4 is 25.0 Å². The zero-order chi connectivity index (χ0) is 20.8. The summed E-state index contributed by atoms with van der Waals surface area (Å²) in [4.78, 5) is 18.9. The van der Waals surface area contributed by atoms with Crippen molar-refractivity contribution in [2.45, 2.75) is 0 Å². The van der Waals surface area contributed by atoms with Crippen molar-refractivity contribution >= 4 is 28.8 Å². The molecule has 3 aromatic rings. The Morgan fingerprint density at radius 1 is 0.897 bits per heavy atom. The maximum Gasteiger partial charge on any atom is 0.257 e. The fraction of sp³-hybridized carbons (Fsp3) is 0.182. The van der Waals surface area contributed by atoms with E-state index in [0.29, 0.717) is 22.9 Å². The third-order valence-electron chi connectivity index (χ3n) is 4.29. The van der Waals surface area contributed by atoms with Gasteiger partial charge < -0.3 is 25.0 Å². The first kappa shape index (κ1) is 20.0. The summed E-state index contributed by atoms with van der Waals surface area (Å²) in [6.07, 6.45) is 1.67. The smallest absolute Gasteiger partial charge is 0.257 e. The molecule has 0 saturated heterocycles. The number of pyridine rings is 1. The van der Waals surface area contributed by atoms with Gasteiger partial charge in [-0.25, -0.2) is 4.98 Å². The Morgan fingerprint density at radius 2 is 1.52 bits per heavy atom. The van der Waals surface area contributed by atoms with Gasteiger partial charge in [0.1, 0.15) is 17.3 Å². The zero-order valence-corrected chi connectivity index (χ0v) is 16.9. The molecule has 0 radical (unpaired) electrons. The van der Waals surface area contributed by atoms with Crippen molar-refractivity contribution < 1.29 is 14.3 Å². The molecule has 0 unspecified atom stereocenters. The highest BCUT2D eigenvalue weighted by Gasteiger charge is 2.11. The number of hydrogen-bond acceptors (Lipinski definition) is 6. The molecule has 3 rings (SSSR count). The van der Waals surface area contributed by atoms with Crippen LogP contribution in [-0.2, 0) is 0 Å². The minimum absolute atomic E-state index is 0.297. The second-order valence-corrected chi connectivity index (χ2v) is 6.55. The largest absolute Gasteiger partial charge is 0.497 e. The fourth-order valence-corrected chi connectivity index (χ4v) is 2.68. The minimum Gasteiger partial charge on any atom is -0.497 e. The number of methoxy groups -OCH3 is 2. The molecule has 0 atom stereocenters. The maximum atomic E-state index is 12.5. The molecule has 7 heteroatoms. The number of carbonyl (C=O) groups is 1. The van der Waals surface area contributed by atoms with Crippen molar-refractivity contribution in [2.75, 3.05) is 43.8 Å². The number of ether oxygens (including phenoxy) is 2. The van der Waals surface area contributed by atoms with Crippen LogP contribution in [0.1, 0.15) is 10.4 Å². The predicted molar refractivity (Wildman–Crippen MR) is 116 cm³/mol. The monoisotopic (exact) mass is 392 g/mol. The molecule has 1 amide bonds. The van der Waals surface area contributed by atoms with E-state index in [1.807, 2.05) is 49.3 Å². The number of amides is 1. The SMILES string of the molecule is COc1cc(OC)cc(C(=O)Nc2ccc(Nc3ccc(N(C)C)cc3)cn2)c1. The highest BCUT2D eigenvalue weighted by Crippen LogP contribution is 2.24. The topological polar surface area (TPSA) is 75.7 Å². The lowest BCUT2D eigenvalue weighted by molar-refractivity contribution is 0.102. The van der Waals surface area contributed by atoms with Crippen LogP contribution in [0, 0.1) is 0 Å². The van der Waals surface area contributed by atoms with Crippen LogP contribution >= 0.6 is 0 Å². The van der Waals surface area contributed by atoms with Gasteiger partial charge in [-0.15, -0.1) is 0 Å². The van der Waals surface area contributed by atoms with Crippen molar-refractivity contribution in [3.05, 3.63) is 66.4 Å². The molecule has 0 saturated carbocycles. The summed E-state index contributed by atoms with van der Waals surface area (Å²) < 4.78 is 10.4. The van der Waals surface area contributed by atoms with Gasteiger partial charge in [0.2, 0.25) is 0 Å². The first-order valence-corrected chi connectivity index (χ1v) is 9.03. The van der Waals surface area contributed by atoms with E-state index in [9.17, 15) is 4.79 Å². The van der Waals surface area contributed by atoms with Gasteiger partial charge in [0.05, 0.1) is 26.1 Å². The Labute approximate surface area is 170 Å². The van der Waals surface area contributed by atoms with Gasteiger partial charge in [-0.05, 0) is 48.5 Å². The molecule has 29 heavy (non-hydrogen) atoms. The van der Waals surface area contributed by atoms with E-state index < -0.39 is 0 Å². The van der Waals surface area contributed by atoms with Crippen molar-refractivity contribution in [3.8, 4) is 11.5 Å². The third kappa shape index (κ3) is 5.16. The number of carbonyl (C=O) groups excluding carboxylic acids is 1. The lowest BCUT2D eigenvalue weighted by Crippen LogP contribution is -2.13. The van der Waals surface area contributed by atoms with Gasteiger partial charge in [-0.2, -0.15) is 0 Å². The number of aromatic nitrogens is 1. The predicted octanol–water partition coefficient (Wildman–Crippen LogP) is 4.16. The van der Waals surface area contributed by atoms with Crippen LogP contribution in [0.5, 0.6) is 11.5 Å². The molecule has 2 aromatic carbocycles. The van der Waals surface area contributed by atoms with Gasteiger partial charge in [0.25, 0.3) is 5.91 Å². The van der Waals surface area contributed by atoms with Crippen molar-refractivity contribution in [2.24, 2.45) is 0 Å². The highest BCUT2D eigenvalue weighted by atomic mass is 16.5. The second kappa shape index (κ2) is 8.97. The zero-order valence-electron chi connectivity index (χ0n) is 16.9. The van der Waals surface area contributed by atoms with Crippen molar-refractivity contribution in [3.63, 3.8) is 0 Å². The van der Waals surface area contributed by atoms with Crippen LogP contribution in [0.15, 0.2) is 60.8 Å². The van der Waals surface area contributed by atoms with E-state index in [2.05, 4.69) is 15.6 Å². The molecule has 0 bridgehead atoms. The number of hydrogen-bond donors (Lipinski definition) is 2. The Morgan fingerprint density at radius 3 is 2.03 bits per heavy atom. The maximum absolute atomic E-state index is 12.5. The molecule has 0 aliphatic carbocycles. The summed E-state index contributed by atoms with van der Waals surface area (Å²) >= 11 is 0. The normalized spacial score (nSPS) is 10.2. The van der Waals surface area contributed by atoms with Gasteiger partial charge in [-0.1, -0.05) is 0 Å². The Kier molecular flexibility index (Phi) is 6.19. The summed E-state index contributed by atoms with van der Waals surface area (Å²) in [5.41, 5.74) is 3.33. The average Bonchev–Trinajstić information content (AvgIpc) is 2.75. The molecule has 0 aliphatic heterocycles. The van der Waals surface area contributed by atoms with E-state index in [-0.39, 0.29) is 5.91 Å². The number of nitrogens with one attached hydrogen (secondary N) is 2. The second-order valence-electron chi connectivity index (χ2n) is 6.55. The summed E-state index contributed by atoms with van der Waals surface area (Å²) in [6.45, 7) is 0. The molecule has 0 fully saturated rings. The Hall–Kier alpha value is -3.74. The first-order chi connectivity index (χ1) is 14.0. The van der Waals surface area contributed by atoms with Gasteiger partial charge in [0, 0.05) is 37.1 Å². The first-order valence-electron chi connectivity index (χ1n) is 9.03. The summed E-state index contributed by atoms with van der Waals surface area (Å²) in [5.74, 6) is 1.24. The van der Waals surface area contributed by atoms with E-state index in [1.165, 1.54) is 14.2 Å². The molecular formula is C22H24N4O3. The van der Waals surface area contributed by atoms with Crippen molar-refractivity contribution in [1.82, 2.24) is 4.98 Å². The Bertz CT molecular complexity index is 948. The van der Waals surface area contributed by atoms with Crippen LogP contribution in [0.25, 0.3) is 0 Å². The number of anilines is 4. The molecule has 1 heterocycles. The number of nitrogens with zero attached hydrogens (tertiary/aromatic N) is 2. The molecule has 0 spiro atoms. The lowest BCUT2D eigenvalue weighted by Gasteiger charge is -2.13. The van der Waals surface area contributed by atoms with E-state index >= 15 is 0 Å². The van der Waals surface area contributed by atoms with Crippen molar-refractivity contribution in [1.29, 1.82) is 0 Å². The average molecular weight is 392 g/mol. The molecule has 150 valence electrons. The minimum atomic E-state index is -0.297. The molecule has 2 N–H and O–H groups in total. The third-order valence-corrected chi connectivity index (χ3v) is 4.29. The lowest BCUT2D eigenvalue weighted by atomic mass is 10.2. The fourth-order valence-electron chi connectivity index (χ4n) is 2.68. The van der Waals surface area contributed by atoms with Crippen LogP contribution in [0.2, 0.25) is 0 Å². The quantitative estimate of drug-likeness (QED) is 0.629. The standard InChI is InChI=1S/C22H24N4O3/c1-26(2)18-8-5-16(6-9-18)24-17-7-10-21(23-14-17)25-22(27)15-11-19(28-3)13-20(12-15)29-4/h5-14,24H,1-4H3,(H,23,25,27). The van der Waals surface area contributed by atoms with E-state index in [1.54, 1.807) is 30.5 Å². The van der Waals surface area contributed by atoms with Gasteiger partial charge >= 0.3 is 0 Å². The van der Waals surface area contributed by atoms with E-state index in [0.717, 1.165) is 17.1 Å². The van der Waals surface area contributed by atoms with E-state index in [4.69, 9.17) is 9.47 Å². The summed E-state index contributed by atoms with van der Waals surface area (Å²) in [7, 11) is 7.08. The summed E-state index contributed by atoms with van der Waals surface area (Å²) in [6, 6.07) is 16.7. The molecule has 0 aliphatic rings. The summed E-state index contributed by atoms with van der Waals surface area (Å²) in [5, 5.41) is 6.06. The molecular weight excluding hydrogens is 368 g/mol. The number of benzene rings is 2. The van der Waals surface area contributed by atoms with Gasteiger partial charge in [0.15, 0.2) is 0 Å². The highest BCUT2D eigenvalue weighted by molar-refractivity contribution is 6.04. The van der Waals surface area contributed by atoms with Crippen LogP contribution in [0.3, 0.4) is 0 Å². The van der Waals surface area contributed by atoms with Crippen LogP contribution in [0.4, 0.5) is 22.9 Å². The van der Waals surface area contributed by atoms with Crippen LogP contribution in [-0.4, -0.2) is 39.2 Å². The number of rotatable bonds is 7. The molecule has 7 nitrogen and oxygen atoms in total. The van der Waals surface area contributed by atoms with Gasteiger partial charge in [-0.3, -0.25) is 4.79 Å².